The van der Waals surface area contributed by atoms with Crippen molar-refractivity contribution in [2.45, 2.75) is 57.2 Å². The van der Waals surface area contributed by atoms with E-state index in [2.05, 4.69) is 23.1 Å². The standard InChI is InChI=1S/C20H28N2O2/c1-20(2,14-21)17-8-4-3-6-15(17)12-22-10-11-24-13-18(22)16-7-5-9-19(16)23/h3-4,6,8,16,18-19,23H,5,7,9-13H2,1-2H3/t16-,18-,19-/m1/s1. The van der Waals surface area contributed by atoms with Crippen molar-refractivity contribution in [3.8, 4) is 6.07 Å². The molecule has 1 saturated carbocycles. The van der Waals surface area contributed by atoms with Gasteiger partial charge in [0.1, 0.15) is 0 Å². The Labute approximate surface area is 145 Å². The van der Waals surface area contributed by atoms with Crippen LogP contribution in [0.5, 0.6) is 0 Å². The summed E-state index contributed by atoms with van der Waals surface area (Å²) < 4.78 is 5.72. The first kappa shape index (κ1) is 17.4. The fourth-order valence-corrected chi connectivity index (χ4v) is 4.21. The van der Waals surface area contributed by atoms with Crippen molar-refractivity contribution in [3.05, 3.63) is 35.4 Å². The maximum atomic E-state index is 10.3. The van der Waals surface area contributed by atoms with Gasteiger partial charge in [-0.2, -0.15) is 5.26 Å². The molecule has 0 amide bonds. The molecule has 4 heteroatoms. The number of hydrogen-bond donors (Lipinski definition) is 1. The lowest BCUT2D eigenvalue weighted by Crippen LogP contribution is -2.50. The summed E-state index contributed by atoms with van der Waals surface area (Å²) in [5.74, 6) is 0.307. The number of benzene rings is 1. The Kier molecular flexibility index (Phi) is 5.24. The minimum atomic E-state index is -0.495. The lowest BCUT2D eigenvalue weighted by molar-refractivity contribution is -0.0537. The van der Waals surface area contributed by atoms with Crippen molar-refractivity contribution in [1.82, 2.24) is 4.90 Å². The van der Waals surface area contributed by atoms with E-state index in [0.717, 1.165) is 44.5 Å². The quantitative estimate of drug-likeness (QED) is 0.923. The van der Waals surface area contributed by atoms with Crippen LogP contribution in [0.2, 0.25) is 0 Å². The number of morpholine rings is 1. The van der Waals surface area contributed by atoms with Crippen molar-refractivity contribution in [1.29, 1.82) is 5.26 Å². The predicted molar refractivity (Wildman–Crippen MR) is 93.4 cm³/mol. The normalized spacial score (nSPS) is 28.7. The fourth-order valence-electron chi connectivity index (χ4n) is 4.21. The molecule has 0 aromatic heterocycles. The largest absolute Gasteiger partial charge is 0.393 e. The lowest BCUT2D eigenvalue weighted by atomic mass is 9.82. The van der Waals surface area contributed by atoms with E-state index in [0.29, 0.717) is 12.5 Å². The highest BCUT2D eigenvalue weighted by Gasteiger charge is 2.38. The number of nitrogens with zero attached hydrogens (tertiary/aromatic N) is 2. The highest BCUT2D eigenvalue weighted by Crippen LogP contribution is 2.34. The zero-order valence-corrected chi connectivity index (χ0v) is 14.7. The van der Waals surface area contributed by atoms with Gasteiger partial charge >= 0.3 is 0 Å². The zero-order valence-electron chi connectivity index (χ0n) is 14.7. The number of aliphatic hydroxyl groups is 1. The molecule has 1 heterocycles. The molecule has 3 rings (SSSR count). The number of aliphatic hydroxyl groups excluding tert-OH is 1. The summed E-state index contributed by atoms with van der Waals surface area (Å²) >= 11 is 0. The summed E-state index contributed by atoms with van der Waals surface area (Å²) in [4.78, 5) is 2.45. The van der Waals surface area contributed by atoms with Crippen molar-refractivity contribution >= 4 is 0 Å². The summed E-state index contributed by atoms with van der Waals surface area (Å²) in [6, 6.07) is 11.0. The van der Waals surface area contributed by atoms with E-state index >= 15 is 0 Å². The monoisotopic (exact) mass is 328 g/mol. The number of rotatable bonds is 4. The average molecular weight is 328 g/mol. The molecule has 24 heavy (non-hydrogen) atoms. The van der Waals surface area contributed by atoms with Crippen molar-refractivity contribution in [2.24, 2.45) is 5.92 Å². The summed E-state index contributed by atoms with van der Waals surface area (Å²) in [6.45, 7) is 7.09. The van der Waals surface area contributed by atoms with E-state index in [4.69, 9.17) is 4.74 Å². The molecule has 2 fully saturated rings. The molecule has 1 aliphatic carbocycles. The molecule has 4 nitrogen and oxygen atoms in total. The molecule has 0 bridgehead atoms. The smallest absolute Gasteiger partial charge is 0.0769 e. The summed E-state index contributed by atoms with van der Waals surface area (Å²) in [5.41, 5.74) is 1.82. The Morgan fingerprint density at radius 3 is 2.83 bits per heavy atom. The van der Waals surface area contributed by atoms with Crippen molar-refractivity contribution in [3.63, 3.8) is 0 Å². The van der Waals surface area contributed by atoms with E-state index in [1.54, 1.807) is 0 Å². The van der Waals surface area contributed by atoms with Crippen LogP contribution in [0.1, 0.15) is 44.2 Å². The molecular formula is C20H28N2O2. The van der Waals surface area contributed by atoms with Crippen LogP contribution < -0.4 is 0 Å². The van der Waals surface area contributed by atoms with E-state index in [9.17, 15) is 10.4 Å². The molecule has 1 aromatic carbocycles. The summed E-state index contributed by atoms with van der Waals surface area (Å²) in [7, 11) is 0. The maximum Gasteiger partial charge on any atom is 0.0769 e. The molecule has 1 aromatic rings. The van der Waals surface area contributed by atoms with Gasteiger partial charge in [-0.3, -0.25) is 4.90 Å². The van der Waals surface area contributed by atoms with E-state index in [1.807, 2.05) is 26.0 Å². The van der Waals surface area contributed by atoms with Crippen LogP contribution in [0.3, 0.4) is 0 Å². The average Bonchev–Trinajstić information content (AvgIpc) is 3.01. The highest BCUT2D eigenvalue weighted by atomic mass is 16.5. The van der Waals surface area contributed by atoms with Crippen LogP contribution in [-0.4, -0.2) is 41.9 Å². The highest BCUT2D eigenvalue weighted by molar-refractivity contribution is 5.37. The van der Waals surface area contributed by atoms with Gasteiger partial charge in [-0.1, -0.05) is 30.7 Å². The number of nitriles is 1. The Morgan fingerprint density at radius 1 is 1.33 bits per heavy atom. The third kappa shape index (κ3) is 3.49. The third-order valence-electron chi connectivity index (χ3n) is 5.65. The van der Waals surface area contributed by atoms with Crippen molar-refractivity contribution in [2.75, 3.05) is 19.8 Å². The van der Waals surface area contributed by atoms with Gasteiger partial charge in [-0.25, -0.2) is 0 Å². The topological polar surface area (TPSA) is 56.5 Å². The number of hydrogen-bond acceptors (Lipinski definition) is 4. The van der Waals surface area contributed by atoms with Crippen LogP contribution in [0.25, 0.3) is 0 Å². The Morgan fingerprint density at radius 2 is 2.12 bits per heavy atom. The molecule has 3 atom stereocenters. The first-order valence-electron chi connectivity index (χ1n) is 9.02. The first-order chi connectivity index (χ1) is 11.5. The predicted octanol–water partition coefficient (Wildman–Crippen LogP) is 2.85. The van der Waals surface area contributed by atoms with Crippen LogP contribution in [0.4, 0.5) is 0 Å². The van der Waals surface area contributed by atoms with Gasteiger partial charge in [-0.05, 0) is 37.8 Å². The zero-order chi connectivity index (χ0) is 17.2. The Hall–Kier alpha value is -1.41. The van der Waals surface area contributed by atoms with Gasteiger partial charge in [-0.15, -0.1) is 0 Å². The minimum absolute atomic E-state index is 0.204. The molecule has 2 aliphatic rings. The molecule has 1 aliphatic heterocycles. The van der Waals surface area contributed by atoms with Crippen LogP contribution in [0.15, 0.2) is 24.3 Å². The van der Waals surface area contributed by atoms with E-state index in [-0.39, 0.29) is 12.1 Å². The van der Waals surface area contributed by atoms with Gasteiger partial charge < -0.3 is 9.84 Å². The van der Waals surface area contributed by atoms with Gasteiger partial charge in [0.15, 0.2) is 0 Å². The second-order valence-electron chi connectivity index (χ2n) is 7.67. The van der Waals surface area contributed by atoms with Gasteiger partial charge in [0.25, 0.3) is 0 Å². The second kappa shape index (κ2) is 7.23. The van der Waals surface area contributed by atoms with Crippen LogP contribution >= 0.6 is 0 Å². The van der Waals surface area contributed by atoms with Gasteiger partial charge in [0.2, 0.25) is 0 Å². The van der Waals surface area contributed by atoms with E-state index in [1.165, 1.54) is 5.56 Å². The second-order valence-corrected chi connectivity index (χ2v) is 7.67. The third-order valence-corrected chi connectivity index (χ3v) is 5.65. The molecular weight excluding hydrogens is 300 g/mol. The molecule has 1 saturated heterocycles. The molecule has 0 radical (unpaired) electrons. The summed E-state index contributed by atoms with van der Waals surface area (Å²) in [5, 5.41) is 19.8. The fraction of sp³-hybridized carbons (Fsp3) is 0.650. The van der Waals surface area contributed by atoms with Crippen LogP contribution in [-0.2, 0) is 16.7 Å². The van der Waals surface area contributed by atoms with Gasteiger partial charge in [0.05, 0.1) is 30.8 Å². The van der Waals surface area contributed by atoms with Gasteiger partial charge in [0, 0.05) is 25.0 Å². The maximum absolute atomic E-state index is 10.3. The van der Waals surface area contributed by atoms with Crippen LogP contribution in [0, 0.1) is 17.2 Å². The Bertz CT molecular complexity index is 608. The Balaban J connectivity index is 1.83. The molecule has 0 unspecified atom stereocenters. The van der Waals surface area contributed by atoms with E-state index < -0.39 is 5.41 Å². The minimum Gasteiger partial charge on any atom is -0.393 e. The van der Waals surface area contributed by atoms with Crippen molar-refractivity contribution < 1.29 is 9.84 Å². The SMILES string of the molecule is CC(C)(C#N)c1ccccc1CN1CCOC[C@@H]1[C@H]1CCC[C@H]1O. The number of ether oxygens (including phenoxy) is 1. The first-order valence-corrected chi connectivity index (χ1v) is 9.02. The molecule has 0 spiro atoms. The molecule has 130 valence electrons. The molecule has 1 N–H and O–H groups in total. The lowest BCUT2D eigenvalue weighted by Gasteiger charge is -2.40. The summed E-state index contributed by atoms with van der Waals surface area (Å²) in [6.07, 6.45) is 2.89.